The van der Waals surface area contributed by atoms with Crippen molar-refractivity contribution in [3.05, 3.63) is 0 Å². The molecule has 0 saturated carbocycles. The molecule has 1 fully saturated rings. The maximum atomic E-state index is 3.61. The summed E-state index contributed by atoms with van der Waals surface area (Å²) in [5.41, 5.74) is 0.421. The fourth-order valence-electron chi connectivity index (χ4n) is 2.43. The molecule has 1 saturated heterocycles. The quantitative estimate of drug-likeness (QED) is 0.706. The lowest BCUT2D eigenvalue weighted by Gasteiger charge is -2.37. The van der Waals surface area contributed by atoms with Crippen LogP contribution in [-0.4, -0.2) is 29.9 Å². The summed E-state index contributed by atoms with van der Waals surface area (Å²) in [7, 11) is 0. The second kappa shape index (κ2) is 5.67. The zero-order valence-corrected chi connectivity index (χ0v) is 12.3. The van der Waals surface area contributed by atoms with Crippen molar-refractivity contribution in [1.29, 1.82) is 0 Å². The summed E-state index contributed by atoms with van der Waals surface area (Å²) in [4.78, 5) is 2.64. The second-order valence-corrected chi connectivity index (χ2v) is 6.72. The van der Waals surface area contributed by atoms with Crippen LogP contribution >= 0.6 is 15.9 Å². The van der Waals surface area contributed by atoms with Crippen LogP contribution in [0.25, 0.3) is 0 Å². The third-order valence-electron chi connectivity index (χ3n) is 3.59. The molecule has 1 aliphatic rings. The van der Waals surface area contributed by atoms with E-state index in [1.807, 2.05) is 0 Å². The molecule has 0 unspecified atom stereocenters. The van der Waals surface area contributed by atoms with Gasteiger partial charge in [-0.25, -0.2) is 0 Å². The lowest BCUT2D eigenvalue weighted by molar-refractivity contribution is 0.122. The fraction of sp³-hybridized carbons (Fsp3) is 1.00. The largest absolute Gasteiger partial charge is 0.303 e. The van der Waals surface area contributed by atoms with Crippen molar-refractivity contribution in [3.8, 4) is 0 Å². The third kappa shape index (κ3) is 4.44. The van der Waals surface area contributed by atoms with E-state index in [1.54, 1.807) is 0 Å². The van der Waals surface area contributed by atoms with Gasteiger partial charge in [0, 0.05) is 11.9 Å². The van der Waals surface area contributed by atoms with Gasteiger partial charge in [-0.3, -0.25) is 0 Å². The molecule has 0 amide bonds. The van der Waals surface area contributed by atoms with Crippen LogP contribution in [0.2, 0.25) is 0 Å². The van der Waals surface area contributed by atoms with E-state index in [2.05, 4.69) is 48.5 Å². The van der Waals surface area contributed by atoms with Gasteiger partial charge in [0.25, 0.3) is 0 Å². The fourth-order valence-corrected chi connectivity index (χ4v) is 2.60. The van der Waals surface area contributed by atoms with Gasteiger partial charge in [0.1, 0.15) is 0 Å². The molecule has 2 heteroatoms. The van der Waals surface area contributed by atoms with Gasteiger partial charge in [0.15, 0.2) is 0 Å². The lowest BCUT2D eigenvalue weighted by atomic mass is 9.85. The SMILES string of the molecule is CC(C)C1CCN(CC(C)(C)CBr)CC1. The molecule has 0 atom stereocenters. The smallest absolute Gasteiger partial charge is 0.00949 e. The molecule has 1 rings (SSSR count). The van der Waals surface area contributed by atoms with Crippen molar-refractivity contribution in [2.45, 2.75) is 40.5 Å². The number of hydrogen-bond acceptors (Lipinski definition) is 1. The first-order valence-electron chi connectivity index (χ1n) is 6.23. The van der Waals surface area contributed by atoms with E-state index in [0.717, 1.165) is 17.2 Å². The number of nitrogens with zero attached hydrogens (tertiary/aromatic N) is 1. The average Bonchev–Trinajstić information content (AvgIpc) is 2.18. The van der Waals surface area contributed by atoms with Gasteiger partial charge in [0.2, 0.25) is 0 Å². The first-order valence-corrected chi connectivity index (χ1v) is 7.35. The topological polar surface area (TPSA) is 3.24 Å². The number of halogens is 1. The normalized spacial score (nSPS) is 21.2. The Bertz CT molecular complexity index is 181. The molecule has 15 heavy (non-hydrogen) atoms. The maximum Gasteiger partial charge on any atom is 0.00949 e. The molecular formula is C13H26BrN. The molecule has 0 spiro atoms. The van der Waals surface area contributed by atoms with Gasteiger partial charge in [-0.15, -0.1) is 0 Å². The van der Waals surface area contributed by atoms with Crippen molar-refractivity contribution >= 4 is 15.9 Å². The molecule has 0 N–H and O–H groups in total. The molecule has 0 bridgehead atoms. The van der Waals surface area contributed by atoms with Gasteiger partial charge in [-0.2, -0.15) is 0 Å². The van der Waals surface area contributed by atoms with E-state index >= 15 is 0 Å². The highest BCUT2D eigenvalue weighted by atomic mass is 79.9. The lowest BCUT2D eigenvalue weighted by Crippen LogP contribution is -2.41. The summed E-state index contributed by atoms with van der Waals surface area (Å²) in [5.74, 6) is 1.84. The van der Waals surface area contributed by atoms with E-state index in [9.17, 15) is 0 Å². The van der Waals surface area contributed by atoms with Crippen molar-refractivity contribution in [2.24, 2.45) is 17.3 Å². The van der Waals surface area contributed by atoms with E-state index in [0.29, 0.717) is 5.41 Å². The van der Waals surface area contributed by atoms with E-state index in [4.69, 9.17) is 0 Å². The Balaban J connectivity index is 2.32. The predicted octanol–water partition coefficient (Wildman–Crippen LogP) is 3.78. The molecule has 1 heterocycles. The Hall–Kier alpha value is 0.440. The van der Waals surface area contributed by atoms with Crippen LogP contribution < -0.4 is 0 Å². The molecule has 90 valence electrons. The van der Waals surface area contributed by atoms with E-state index < -0.39 is 0 Å². The highest BCUT2D eigenvalue weighted by Crippen LogP contribution is 2.27. The minimum atomic E-state index is 0.421. The number of hydrogen-bond donors (Lipinski definition) is 0. The highest BCUT2D eigenvalue weighted by molar-refractivity contribution is 9.09. The Morgan fingerprint density at radius 2 is 1.80 bits per heavy atom. The molecule has 0 radical (unpaired) electrons. The van der Waals surface area contributed by atoms with Crippen molar-refractivity contribution in [3.63, 3.8) is 0 Å². The van der Waals surface area contributed by atoms with E-state index in [1.165, 1.54) is 32.5 Å². The minimum Gasteiger partial charge on any atom is -0.303 e. The van der Waals surface area contributed by atoms with Crippen LogP contribution in [0.4, 0.5) is 0 Å². The van der Waals surface area contributed by atoms with Crippen molar-refractivity contribution in [1.82, 2.24) is 4.90 Å². The van der Waals surface area contributed by atoms with Crippen molar-refractivity contribution in [2.75, 3.05) is 25.0 Å². The molecule has 0 aliphatic carbocycles. The standard InChI is InChI=1S/C13H26BrN/c1-11(2)12-5-7-15(8-6-12)10-13(3,4)9-14/h11-12H,5-10H2,1-4H3. The second-order valence-electron chi connectivity index (χ2n) is 6.16. The molecule has 0 aromatic rings. The number of piperidine rings is 1. The zero-order chi connectivity index (χ0) is 11.5. The summed E-state index contributed by atoms with van der Waals surface area (Å²) in [5, 5.41) is 1.10. The Morgan fingerprint density at radius 3 is 2.20 bits per heavy atom. The molecule has 0 aromatic carbocycles. The highest BCUT2D eigenvalue weighted by Gasteiger charge is 2.25. The monoisotopic (exact) mass is 275 g/mol. The first-order chi connectivity index (χ1) is 6.94. The summed E-state index contributed by atoms with van der Waals surface area (Å²) in [6.45, 7) is 13.3. The van der Waals surface area contributed by atoms with Crippen LogP contribution in [0, 0.1) is 17.3 Å². The van der Waals surface area contributed by atoms with Crippen LogP contribution in [0.3, 0.4) is 0 Å². The van der Waals surface area contributed by atoms with Crippen molar-refractivity contribution < 1.29 is 0 Å². The Morgan fingerprint density at radius 1 is 1.27 bits per heavy atom. The van der Waals surface area contributed by atoms with Gasteiger partial charge in [-0.1, -0.05) is 43.6 Å². The van der Waals surface area contributed by atoms with Gasteiger partial charge < -0.3 is 4.90 Å². The van der Waals surface area contributed by atoms with Gasteiger partial charge in [0.05, 0.1) is 0 Å². The number of alkyl halides is 1. The van der Waals surface area contributed by atoms with E-state index in [-0.39, 0.29) is 0 Å². The minimum absolute atomic E-state index is 0.421. The predicted molar refractivity (Wildman–Crippen MR) is 71.6 cm³/mol. The Labute approximate surface area is 104 Å². The van der Waals surface area contributed by atoms with Gasteiger partial charge in [-0.05, 0) is 43.2 Å². The molecular weight excluding hydrogens is 250 g/mol. The summed E-state index contributed by atoms with van der Waals surface area (Å²) < 4.78 is 0. The summed E-state index contributed by atoms with van der Waals surface area (Å²) >= 11 is 3.61. The van der Waals surface area contributed by atoms with Crippen LogP contribution in [0.15, 0.2) is 0 Å². The molecule has 1 nitrogen and oxygen atoms in total. The molecule has 1 aliphatic heterocycles. The number of likely N-dealkylation sites (tertiary alicyclic amines) is 1. The van der Waals surface area contributed by atoms with Gasteiger partial charge >= 0.3 is 0 Å². The zero-order valence-electron chi connectivity index (χ0n) is 10.7. The maximum absolute atomic E-state index is 3.61. The van der Waals surface area contributed by atoms with Crippen LogP contribution in [-0.2, 0) is 0 Å². The summed E-state index contributed by atoms with van der Waals surface area (Å²) in [6.07, 6.45) is 2.80. The molecule has 0 aromatic heterocycles. The third-order valence-corrected chi connectivity index (χ3v) is 5.11. The first kappa shape index (κ1) is 13.5. The van der Waals surface area contributed by atoms with Crippen LogP contribution in [0.1, 0.15) is 40.5 Å². The average molecular weight is 276 g/mol. The Kier molecular flexibility index (Phi) is 5.11. The van der Waals surface area contributed by atoms with Crippen LogP contribution in [0.5, 0.6) is 0 Å². The summed E-state index contributed by atoms with van der Waals surface area (Å²) in [6, 6.07) is 0. The number of rotatable bonds is 4.